The van der Waals surface area contributed by atoms with E-state index in [2.05, 4.69) is 50.8 Å². The first-order valence-corrected chi connectivity index (χ1v) is 5.16. The zero-order valence-electron chi connectivity index (χ0n) is 8.88. The Morgan fingerprint density at radius 1 is 1.21 bits per heavy atom. The maximum absolute atomic E-state index is 4.03. The third-order valence-electron chi connectivity index (χ3n) is 2.77. The highest BCUT2D eigenvalue weighted by Crippen LogP contribution is 2.29. The summed E-state index contributed by atoms with van der Waals surface area (Å²) >= 11 is 0. The van der Waals surface area contributed by atoms with Gasteiger partial charge in [0.05, 0.1) is 0 Å². The highest BCUT2D eigenvalue weighted by Gasteiger charge is 2.12. The molecule has 1 aliphatic carbocycles. The number of hydrogen-bond acceptors (Lipinski definition) is 0. The van der Waals surface area contributed by atoms with Crippen LogP contribution in [-0.2, 0) is 6.42 Å². The van der Waals surface area contributed by atoms with Gasteiger partial charge in [-0.1, -0.05) is 56.4 Å². The molecular formula is C14H16. The minimum Gasteiger partial charge on any atom is -0.0955 e. The van der Waals surface area contributed by atoms with Crippen LogP contribution in [-0.4, -0.2) is 0 Å². The fourth-order valence-corrected chi connectivity index (χ4v) is 2.02. The lowest BCUT2D eigenvalue weighted by Crippen LogP contribution is -2.03. The first-order valence-electron chi connectivity index (χ1n) is 5.16. The van der Waals surface area contributed by atoms with Crippen LogP contribution in [0.3, 0.4) is 0 Å². The summed E-state index contributed by atoms with van der Waals surface area (Å²) in [5.74, 6) is 0.601. The second-order valence-corrected chi connectivity index (χ2v) is 4.24. The Kier molecular flexibility index (Phi) is 2.28. The molecule has 0 heterocycles. The fraction of sp³-hybridized carbons (Fsp3) is 0.286. The van der Waals surface area contributed by atoms with Gasteiger partial charge in [-0.25, -0.2) is 0 Å². The number of benzene rings is 1. The van der Waals surface area contributed by atoms with Crippen molar-refractivity contribution in [1.29, 1.82) is 0 Å². The van der Waals surface area contributed by atoms with Crippen molar-refractivity contribution in [1.82, 2.24) is 0 Å². The van der Waals surface area contributed by atoms with E-state index in [0.29, 0.717) is 5.92 Å². The minimum atomic E-state index is 0.601. The van der Waals surface area contributed by atoms with Crippen LogP contribution in [0.5, 0.6) is 0 Å². The number of fused-ring (bicyclic) bond motifs is 1. The maximum atomic E-state index is 4.03. The first kappa shape index (κ1) is 9.26. The molecule has 0 radical (unpaired) electrons. The van der Waals surface area contributed by atoms with Crippen molar-refractivity contribution in [2.45, 2.75) is 26.2 Å². The zero-order valence-corrected chi connectivity index (χ0v) is 8.88. The summed E-state index contributed by atoms with van der Waals surface area (Å²) in [4.78, 5) is 0. The van der Waals surface area contributed by atoms with Crippen molar-refractivity contribution >= 4 is 6.08 Å². The molecule has 0 saturated heterocycles. The third-order valence-corrected chi connectivity index (χ3v) is 2.77. The number of allylic oxidation sites excluding steroid dienone is 2. The smallest absolute Gasteiger partial charge is 0.00229 e. The predicted octanol–water partition coefficient (Wildman–Crippen LogP) is 3.94. The summed E-state index contributed by atoms with van der Waals surface area (Å²) in [6.45, 7) is 8.52. The Bertz CT molecular complexity index is 394. The van der Waals surface area contributed by atoms with Gasteiger partial charge in [0.15, 0.2) is 0 Å². The molecular weight excluding hydrogens is 168 g/mol. The van der Waals surface area contributed by atoms with Crippen molar-refractivity contribution in [3.05, 3.63) is 53.1 Å². The Hall–Kier alpha value is -1.30. The summed E-state index contributed by atoms with van der Waals surface area (Å²) in [5, 5.41) is 0. The van der Waals surface area contributed by atoms with Crippen LogP contribution in [0.25, 0.3) is 6.08 Å². The van der Waals surface area contributed by atoms with Gasteiger partial charge >= 0.3 is 0 Å². The molecule has 0 amide bonds. The Labute approximate surface area is 86.0 Å². The van der Waals surface area contributed by atoms with Crippen LogP contribution in [0.15, 0.2) is 36.4 Å². The van der Waals surface area contributed by atoms with Crippen LogP contribution >= 0.6 is 0 Å². The monoisotopic (exact) mass is 184 g/mol. The van der Waals surface area contributed by atoms with Gasteiger partial charge in [0, 0.05) is 0 Å². The van der Waals surface area contributed by atoms with Gasteiger partial charge in [-0.15, -0.1) is 0 Å². The van der Waals surface area contributed by atoms with Crippen LogP contribution in [0.1, 0.15) is 36.5 Å². The Morgan fingerprint density at radius 3 is 2.71 bits per heavy atom. The molecule has 0 bridgehead atoms. The fourth-order valence-electron chi connectivity index (χ4n) is 2.02. The van der Waals surface area contributed by atoms with E-state index in [9.17, 15) is 0 Å². The Balaban J connectivity index is 2.56. The largest absolute Gasteiger partial charge is 0.0955 e. The van der Waals surface area contributed by atoms with E-state index in [4.69, 9.17) is 0 Å². The lowest BCUT2D eigenvalue weighted by Gasteiger charge is -2.18. The SMILES string of the molecule is C=C1C=Cc2cccc(C(C)C)c2C1. The molecule has 1 aromatic carbocycles. The molecule has 0 aromatic heterocycles. The summed E-state index contributed by atoms with van der Waals surface area (Å²) in [6, 6.07) is 6.56. The summed E-state index contributed by atoms with van der Waals surface area (Å²) in [5.41, 5.74) is 5.51. The van der Waals surface area contributed by atoms with Crippen LogP contribution < -0.4 is 0 Å². The molecule has 0 atom stereocenters. The van der Waals surface area contributed by atoms with Crippen molar-refractivity contribution in [3.8, 4) is 0 Å². The van der Waals surface area contributed by atoms with Gasteiger partial charge in [-0.05, 0) is 29.0 Å². The molecule has 0 spiro atoms. The van der Waals surface area contributed by atoms with E-state index in [1.165, 1.54) is 22.3 Å². The number of rotatable bonds is 1. The van der Waals surface area contributed by atoms with Gasteiger partial charge in [-0.3, -0.25) is 0 Å². The molecule has 14 heavy (non-hydrogen) atoms. The normalized spacial score (nSPS) is 14.6. The molecule has 0 fully saturated rings. The molecule has 1 aromatic rings. The molecule has 72 valence electrons. The van der Waals surface area contributed by atoms with E-state index in [1.807, 2.05) is 0 Å². The topological polar surface area (TPSA) is 0 Å². The standard InChI is InChI=1S/C14H16/c1-10(2)13-6-4-5-12-8-7-11(3)9-14(12)13/h4-8,10H,3,9H2,1-2H3. The van der Waals surface area contributed by atoms with E-state index >= 15 is 0 Å². The minimum absolute atomic E-state index is 0.601. The Morgan fingerprint density at radius 2 is 2.00 bits per heavy atom. The van der Waals surface area contributed by atoms with Crippen molar-refractivity contribution in [3.63, 3.8) is 0 Å². The zero-order chi connectivity index (χ0) is 10.1. The first-order chi connectivity index (χ1) is 6.68. The molecule has 0 unspecified atom stereocenters. The van der Waals surface area contributed by atoms with Crippen LogP contribution in [0, 0.1) is 0 Å². The third kappa shape index (κ3) is 1.52. The lowest BCUT2D eigenvalue weighted by atomic mass is 9.86. The average Bonchev–Trinajstić information content (AvgIpc) is 2.16. The van der Waals surface area contributed by atoms with E-state index < -0.39 is 0 Å². The van der Waals surface area contributed by atoms with E-state index in [1.54, 1.807) is 0 Å². The molecule has 0 nitrogen and oxygen atoms in total. The molecule has 0 N–H and O–H groups in total. The molecule has 2 rings (SSSR count). The van der Waals surface area contributed by atoms with Crippen LogP contribution in [0.2, 0.25) is 0 Å². The second kappa shape index (κ2) is 3.45. The van der Waals surface area contributed by atoms with Gasteiger partial charge in [0.2, 0.25) is 0 Å². The summed E-state index contributed by atoms with van der Waals surface area (Å²) < 4.78 is 0. The van der Waals surface area contributed by atoms with Gasteiger partial charge in [-0.2, -0.15) is 0 Å². The molecule has 0 saturated carbocycles. The molecule has 0 aliphatic heterocycles. The summed E-state index contributed by atoms with van der Waals surface area (Å²) in [6.07, 6.45) is 5.31. The van der Waals surface area contributed by atoms with Crippen LogP contribution in [0.4, 0.5) is 0 Å². The van der Waals surface area contributed by atoms with Gasteiger partial charge in [0.25, 0.3) is 0 Å². The van der Waals surface area contributed by atoms with E-state index in [-0.39, 0.29) is 0 Å². The lowest BCUT2D eigenvalue weighted by molar-refractivity contribution is 0.846. The highest BCUT2D eigenvalue weighted by molar-refractivity contribution is 5.63. The predicted molar refractivity (Wildman–Crippen MR) is 62.4 cm³/mol. The van der Waals surface area contributed by atoms with E-state index in [0.717, 1.165) is 6.42 Å². The van der Waals surface area contributed by atoms with Gasteiger partial charge < -0.3 is 0 Å². The van der Waals surface area contributed by atoms with Crippen molar-refractivity contribution in [2.75, 3.05) is 0 Å². The molecule has 1 aliphatic rings. The number of hydrogen-bond donors (Lipinski definition) is 0. The quantitative estimate of drug-likeness (QED) is 0.620. The van der Waals surface area contributed by atoms with Crippen molar-refractivity contribution in [2.24, 2.45) is 0 Å². The second-order valence-electron chi connectivity index (χ2n) is 4.24. The molecule has 0 heteroatoms. The highest BCUT2D eigenvalue weighted by atomic mass is 14.2. The maximum Gasteiger partial charge on any atom is -0.00229 e. The average molecular weight is 184 g/mol. The van der Waals surface area contributed by atoms with Gasteiger partial charge in [0.1, 0.15) is 0 Å². The van der Waals surface area contributed by atoms with Crippen molar-refractivity contribution < 1.29 is 0 Å². The summed E-state index contributed by atoms with van der Waals surface area (Å²) in [7, 11) is 0.